The third-order valence-corrected chi connectivity index (χ3v) is 3.33. The number of ether oxygens (including phenoxy) is 1. The Morgan fingerprint density at radius 3 is 2.55 bits per heavy atom. The molecule has 0 aromatic heterocycles. The van der Waals surface area contributed by atoms with E-state index in [0.717, 1.165) is 30.6 Å². The second-order valence-electron chi connectivity index (χ2n) is 5.40. The normalized spacial score (nSPS) is 12.4. The zero-order valence-electron chi connectivity index (χ0n) is 13.0. The first kappa shape index (κ1) is 16.7. The molecule has 1 unspecified atom stereocenters. The molecule has 0 spiro atoms. The molecule has 20 heavy (non-hydrogen) atoms. The second kappa shape index (κ2) is 8.72. The van der Waals surface area contributed by atoms with Gasteiger partial charge in [0.2, 0.25) is 0 Å². The van der Waals surface area contributed by atoms with Gasteiger partial charge in [-0.3, -0.25) is 4.79 Å². The molecule has 0 saturated carbocycles. The maximum Gasteiger partial charge on any atom is 0.309 e. The highest BCUT2D eigenvalue weighted by atomic mass is 16.5. The average molecular weight is 278 g/mol. The number of hydrogen-bond acceptors (Lipinski definition) is 4. The smallest absolute Gasteiger partial charge is 0.309 e. The first-order valence-corrected chi connectivity index (χ1v) is 7.04. The van der Waals surface area contributed by atoms with Crippen LogP contribution in [0.5, 0.6) is 0 Å². The summed E-state index contributed by atoms with van der Waals surface area (Å²) in [4.78, 5) is 13.6. The Bertz CT molecular complexity index is 419. The Kier molecular flexibility index (Phi) is 7.26. The number of rotatable bonds is 8. The third kappa shape index (κ3) is 6.17. The summed E-state index contributed by atoms with van der Waals surface area (Å²) in [5.74, 6) is -0.196. The van der Waals surface area contributed by atoms with E-state index in [9.17, 15) is 4.79 Å². The molecule has 4 heteroatoms. The molecule has 1 aromatic rings. The molecule has 1 rings (SSSR count). The quantitative estimate of drug-likeness (QED) is 0.737. The zero-order valence-corrected chi connectivity index (χ0v) is 13.0. The molecular formula is C16H26N2O2. The lowest BCUT2D eigenvalue weighted by molar-refractivity contribution is -0.139. The Balaban J connectivity index is 2.52. The van der Waals surface area contributed by atoms with Crippen LogP contribution in [-0.4, -0.2) is 44.7 Å². The van der Waals surface area contributed by atoms with Crippen LogP contribution < -0.4 is 5.32 Å². The van der Waals surface area contributed by atoms with E-state index >= 15 is 0 Å². The lowest BCUT2D eigenvalue weighted by atomic mass is 10.0. The van der Waals surface area contributed by atoms with Gasteiger partial charge >= 0.3 is 5.97 Å². The summed E-state index contributed by atoms with van der Waals surface area (Å²) in [6, 6.07) is 8.45. The minimum Gasteiger partial charge on any atom is -0.469 e. The lowest BCUT2D eigenvalue weighted by Gasteiger charge is -2.17. The molecule has 0 heterocycles. The third-order valence-electron chi connectivity index (χ3n) is 3.33. The predicted octanol–water partition coefficient (Wildman–Crippen LogP) is 1.83. The highest BCUT2D eigenvalue weighted by Gasteiger charge is 2.09. The number of methoxy groups -OCH3 is 1. The minimum absolute atomic E-state index is 0.196. The minimum atomic E-state index is -0.196. The van der Waals surface area contributed by atoms with Gasteiger partial charge in [-0.05, 0) is 45.1 Å². The van der Waals surface area contributed by atoms with E-state index in [-0.39, 0.29) is 5.97 Å². The van der Waals surface area contributed by atoms with E-state index in [2.05, 4.69) is 37.3 Å². The van der Waals surface area contributed by atoms with E-state index in [0.29, 0.717) is 12.5 Å². The summed E-state index contributed by atoms with van der Waals surface area (Å²) >= 11 is 0. The maximum absolute atomic E-state index is 11.4. The summed E-state index contributed by atoms with van der Waals surface area (Å²) in [7, 11) is 5.59. The number of benzene rings is 1. The van der Waals surface area contributed by atoms with Crippen molar-refractivity contribution in [1.29, 1.82) is 0 Å². The molecule has 0 aliphatic heterocycles. The number of carbonyl (C=O) groups is 1. The van der Waals surface area contributed by atoms with Gasteiger partial charge in [0.1, 0.15) is 0 Å². The van der Waals surface area contributed by atoms with Gasteiger partial charge in [-0.2, -0.15) is 0 Å². The molecular weight excluding hydrogens is 252 g/mol. The topological polar surface area (TPSA) is 41.6 Å². The van der Waals surface area contributed by atoms with Gasteiger partial charge in [0.25, 0.3) is 0 Å². The summed E-state index contributed by atoms with van der Waals surface area (Å²) in [6.07, 6.45) is 1.44. The Morgan fingerprint density at radius 1 is 1.30 bits per heavy atom. The van der Waals surface area contributed by atoms with Crippen molar-refractivity contribution in [2.24, 2.45) is 0 Å². The van der Waals surface area contributed by atoms with Gasteiger partial charge in [0.15, 0.2) is 0 Å². The summed E-state index contributed by atoms with van der Waals surface area (Å²) in [5.41, 5.74) is 2.20. The van der Waals surface area contributed by atoms with Crippen LogP contribution in [0, 0.1) is 0 Å². The standard InChI is InChI=1S/C16H26N2O2/c1-13(9-10-18(2)3)17-12-15-8-6-5-7-14(15)11-16(19)20-4/h5-8,13,17H,9-12H2,1-4H3. The van der Waals surface area contributed by atoms with Crippen molar-refractivity contribution < 1.29 is 9.53 Å². The Hall–Kier alpha value is -1.39. The molecule has 0 aliphatic rings. The van der Waals surface area contributed by atoms with Crippen LogP contribution in [0.4, 0.5) is 0 Å². The van der Waals surface area contributed by atoms with Gasteiger partial charge in [-0.1, -0.05) is 24.3 Å². The van der Waals surface area contributed by atoms with Crippen molar-refractivity contribution in [2.75, 3.05) is 27.7 Å². The highest BCUT2D eigenvalue weighted by Crippen LogP contribution is 2.10. The van der Waals surface area contributed by atoms with Gasteiger partial charge in [0.05, 0.1) is 13.5 Å². The molecule has 4 nitrogen and oxygen atoms in total. The summed E-state index contributed by atoms with van der Waals surface area (Å²) < 4.78 is 4.73. The van der Waals surface area contributed by atoms with Crippen LogP contribution in [0.25, 0.3) is 0 Å². The van der Waals surface area contributed by atoms with Gasteiger partial charge in [0, 0.05) is 12.6 Å². The van der Waals surface area contributed by atoms with Crippen molar-refractivity contribution in [1.82, 2.24) is 10.2 Å². The van der Waals surface area contributed by atoms with Crippen molar-refractivity contribution >= 4 is 5.97 Å². The number of esters is 1. The Labute approximate surface area is 122 Å². The first-order chi connectivity index (χ1) is 9.52. The zero-order chi connectivity index (χ0) is 15.0. The van der Waals surface area contributed by atoms with E-state index < -0.39 is 0 Å². The lowest BCUT2D eigenvalue weighted by Crippen LogP contribution is -2.29. The molecule has 0 amide bonds. The summed E-state index contributed by atoms with van der Waals surface area (Å²) in [6.45, 7) is 4.03. The van der Waals surface area contributed by atoms with Gasteiger partial charge in [-0.25, -0.2) is 0 Å². The monoisotopic (exact) mass is 278 g/mol. The number of carbonyl (C=O) groups excluding carboxylic acids is 1. The molecule has 0 radical (unpaired) electrons. The van der Waals surface area contributed by atoms with Gasteiger partial charge < -0.3 is 15.0 Å². The summed E-state index contributed by atoms with van der Waals surface area (Å²) in [5, 5.41) is 3.51. The Morgan fingerprint density at radius 2 is 1.95 bits per heavy atom. The highest BCUT2D eigenvalue weighted by molar-refractivity contribution is 5.72. The largest absolute Gasteiger partial charge is 0.469 e. The predicted molar refractivity (Wildman–Crippen MR) is 81.6 cm³/mol. The van der Waals surface area contributed by atoms with E-state index in [1.165, 1.54) is 7.11 Å². The molecule has 0 aliphatic carbocycles. The van der Waals surface area contributed by atoms with Crippen molar-refractivity contribution in [3.8, 4) is 0 Å². The molecule has 0 saturated heterocycles. The van der Waals surface area contributed by atoms with Crippen LogP contribution in [-0.2, 0) is 22.5 Å². The molecule has 0 fully saturated rings. The van der Waals surface area contributed by atoms with Crippen LogP contribution >= 0.6 is 0 Å². The van der Waals surface area contributed by atoms with Gasteiger partial charge in [-0.15, -0.1) is 0 Å². The second-order valence-corrected chi connectivity index (χ2v) is 5.40. The molecule has 1 aromatic carbocycles. The number of hydrogen-bond donors (Lipinski definition) is 1. The maximum atomic E-state index is 11.4. The molecule has 1 atom stereocenters. The fraction of sp³-hybridized carbons (Fsp3) is 0.562. The van der Waals surface area contributed by atoms with Crippen molar-refractivity contribution in [3.05, 3.63) is 35.4 Å². The van der Waals surface area contributed by atoms with E-state index in [4.69, 9.17) is 4.74 Å². The molecule has 112 valence electrons. The number of nitrogens with one attached hydrogen (secondary N) is 1. The van der Waals surface area contributed by atoms with Crippen molar-refractivity contribution in [2.45, 2.75) is 32.4 Å². The SMILES string of the molecule is COC(=O)Cc1ccccc1CNC(C)CCN(C)C. The van der Waals surface area contributed by atoms with E-state index in [1.54, 1.807) is 0 Å². The molecule has 0 bridgehead atoms. The number of nitrogens with zero attached hydrogens (tertiary/aromatic N) is 1. The van der Waals surface area contributed by atoms with E-state index in [1.807, 2.05) is 18.2 Å². The van der Waals surface area contributed by atoms with Crippen LogP contribution in [0.2, 0.25) is 0 Å². The molecule has 1 N–H and O–H groups in total. The average Bonchev–Trinajstić information content (AvgIpc) is 2.44. The fourth-order valence-corrected chi connectivity index (χ4v) is 1.97. The van der Waals surface area contributed by atoms with Crippen LogP contribution in [0.1, 0.15) is 24.5 Å². The fourth-order valence-electron chi connectivity index (χ4n) is 1.97. The first-order valence-electron chi connectivity index (χ1n) is 7.04. The van der Waals surface area contributed by atoms with Crippen LogP contribution in [0.15, 0.2) is 24.3 Å². The van der Waals surface area contributed by atoms with Crippen molar-refractivity contribution in [3.63, 3.8) is 0 Å². The van der Waals surface area contributed by atoms with Crippen LogP contribution in [0.3, 0.4) is 0 Å².